The molecule has 0 radical (unpaired) electrons. The summed E-state index contributed by atoms with van der Waals surface area (Å²) in [5, 5.41) is 3.37. The second kappa shape index (κ2) is 8.51. The van der Waals surface area contributed by atoms with Gasteiger partial charge in [-0.05, 0) is 50.6 Å². The SMILES string of the molecule is CCCC(C)COC(=O)CCC1CCCNC1. The molecule has 0 aliphatic carbocycles. The predicted octanol–water partition coefficient (Wildman–Crippen LogP) is 2.75. The van der Waals surface area contributed by atoms with E-state index in [9.17, 15) is 4.79 Å². The minimum Gasteiger partial charge on any atom is -0.465 e. The molecule has 100 valence electrons. The van der Waals surface area contributed by atoms with Gasteiger partial charge in [-0.2, -0.15) is 0 Å². The van der Waals surface area contributed by atoms with Gasteiger partial charge in [0.05, 0.1) is 6.61 Å². The lowest BCUT2D eigenvalue weighted by molar-refractivity contribution is -0.145. The van der Waals surface area contributed by atoms with Gasteiger partial charge < -0.3 is 10.1 Å². The largest absolute Gasteiger partial charge is 0.465 e. The number of piperidine rings is 1. The van der Waals surface area contributed by atoms with Gasteiger partial charge in [0.15, 0.2) is 0 Å². The topological polar surface area (TPSA) is 38.3 Å². The van der Waals surface area contributed by atoms with Crippen molar-refractivity contribution >= 4 is 5.97 Å². The van der Waals surface area contributed by atoms with E-state index in [-0.39, 0.29) is 5.97 Å². The Morgan fingerprint density at radius 2 is 2.35 bits per heavy atom. The molecule has 0 spiro atoms. The van der Waals surface area contributed by atoms with Crippen LogP contribution in [0.25, 0.3) is 0 Å². The first-order valence-corrected chi connectivity index (χ1v) is 7.08. The van der Waals surface area contributed by atoms with E-state index in [1.807, 2.05) is 0 Å². The normalized spacial score (nSPS) is 22.1. The average molecular weight is 241 g/mol. The molecule has 0 bridgehead atoms. The average Bonchev–Trinajstić information content (AvgIpc) is 2.35. The highest BCUT2D eigenvalue weighted by atomic mass is 16.5. The molecular formula is C14H27NO2. The molecule has 1 fully saturated rings. The number of carbonyl (C=O) groups is 1. The lowest BCUT2D eigenvalue weighted by atomic mass is 9.95. The highest BCUT2D eigenvalue weighted by Crippen LogP contribution is 2.16. The molecule has 1 N–H and O–H groups in total. The van der Waals surface area contributed by atoms with Gasteiger partial charge in [0, 0.05) is 6.42 Å². The smallest absolute Gasteiger partial charge is 0.305 e. The fraction of sp³-hybridized carbons (Fsp3) is 0.929. The van der Waals surface area contributed by atoms with Crippen LogP contribution in [0.2, 0.25) is 0 Å². The molecule has 0 aromatic carbocycles. The van der Waals surface area contributed by atoms with Crippen LogP contribution < -0.4 is 5.32 Å². The number of rotatable bonds is 7. The van der Waals surface area contributed by atoms with Gasteiger partial charge in [-0.25, -0.2) is 0 Å². The van der Waals surface area contributed by atoms with E-state index in [0.29, 0.717) is 24.9 Å². The molecule has 1 rings (SSSR count). The Morgan fingerprint density at radius 3 is 3.00 bits per heavy atom. The highest BCUT2D eigenvalue weighted by Gasteiger charge is 2.15. The van der Waals surface area contributed by atoms with Crippen molar-refractivity contribution in [2.75, 3.05) is 19.7 Å². The van der Waals surface area contributed by atoms with Gasteiger partial charge in [-0.3, -0.25) is 4.79 Å². The number of carbonyl (C=O) groups excluding carboxylic acids is 1. The van der Waals surface area contributed by atoms with Crippen molar-refractivity contribution in [2.45, 2.75) is 52.4 Å². The van der Waals surface area contributed by atoms with Gasteiger partial charge in [0.25, 0.3) is 0 Å². The van der Waals surface area contributed by atoms with Crippen molar-refractivity contribution in [3.8, 4) is 0 Å². The Balaban J connectivity index is 2.04. The second-order valence-corrected chi connectivity index (χ2v) is 5.33. The van der Waals surface area contributed by atoms with Crippen molar-refractivity contribution in [2.24, 2.45) is 11.8 Å². The summed E-state index contributed by atoms with van der Waals surface area (Å²) in [7, 11) is 0. The fourth-order valence-corrected chi connectivity index (χ4v) is 2.38. The predicted molar refractivity (Wildman–Crippen MR) is 69.9 cm³/mol. The summed E-state index contributed by atoms with van der Waals surface area (Å²) in [6.45, 7) is 7.10. The number of esters is 1. The quantitative estimate of drug-likeness (QED) is 0.697. The molecular weight excluding hydrogens is 214 g/mol. The second-order valence-electron chi connectivity index (χ2n) is 5.33. The van der Waals surface area contributed by atoms with Crippen molar-refractivity contribution in [3.05, 3.63) is 0 Å². The fourth-order valence-electron chi connectivity index (χ4n) is 2.38. The molecule has 0 saturated carbocycles. The van der Waals surface area contributed by atoms with E-state index in [1.165, 1.54) is 12.8 Å². The van der Waals surface area contributed by atoms with Crippen molar-refractivity contribution in [3.63, 3.8) is 0 Å². The zero-order chi connectivity index (χ0) is 12.5. The van der Waals surface area contributed by atoms with Crippen LogP contribution in [-0.2, 0) is 9.53 Å². The molecule has 3 nitrogen and oxygen atoms in total. The summed E-state index contributed by atoms with van der Waals surface area (Å²) in [6.07, 6.45) is 6.37. The Morgan fingerprint density at radius 1 is 1.53 bits per heavy atom. The minimum atomic E-state index is -0.0153. The molecule has 1 heterocycles. The summed E-state index contributed by atoms with van der Waals surface area (Å²) < 4.78 is 5.29. The van der Waals surface area contributed by atoms with Gasteiger partial charge in [-0.1, -0.05) is 20.3 Å². The molecule has 1 aliphatic heterocycles. The third-order valence-corrected chi connectivity index (χ3v) is 3.47. The highest BCUT2D eigenvalue weighted by molar-refractivity contribution is 5.69. The van der Waals surface area contributed by atoms with E-state index in [0.717, 1.165) is 32.4 Å². The monoisotopic (exact) mass is 241 g/mol. The summed E-state index contributed by atoms with van der Waals surface area (Å²) >= 11 is 0. The van der Waals surface area contributed by atoms with E-state index < -0.39 is 0 Å². The van der Waals surface area contributed by atoms with Gasteiger partial charge >= 0.3 is 5.97 Å². The molecule has 17 heavy (non-hydrogen) atoms. The molecule has 1 aliphatic rings. The van der Waals surface area contributed by atoms with Crippen LogP contribution in [0.15, 0.2) is 0 Å². The zero-order valence-corrected chi connectivity index (χ0v) is 11.3. The lowest BCUT2D eigenvalue weighted by Crippen LogP contribution is -2.30. The van der Waals surface area contributed by atoms with Crippen molar-refractivity contribution < 1.29 is 9.53 Å². The van der Waals surface area contributed by atoms with E-state index in [2.05, 4.69) is 19.2 Å². The molecule has 3 heteroatoms. The van der Waals surface area contributed by atoms with Crippen molar-refractivity contribution in [1.29, 1.82) is 0 Å². The minimum absolute atomic E-state index is 0.0153. The standard InChI is InChI=1S/C14H27NO2/c1-3-5-12(2)11-17-14(16)8-7-13-6-4-9-15-10-13/h12-13,15H,3-11H2,1-2H3. The first-order valence-electron chi connectivity index (χ1n) is 7.08. The maximum atomic E-state index is 11.6. The van der Waals surface area contributed by atoms with Crippen LogP contribution >= 0.6 is 0 Å². The summed E-state index contributed by atoms with van der Waals surface area (Å²) in [5.74, 6) is 1.16. The van der Waals surface area contributed by atoms with E-state index in [4.69, 9.17) is 4.74 Å². The molecule has 2 unspecified atom stereocenters. The third-order valence-electron chi connectivity index (χ3n) is 3.47. The maximum absolute atomic E-state index is 11.6. The van der Waals surface area contributed by atoms with Crippen LogP contribution in [0.4, 0.5) is 0 Å². The summed E-state index contributed by atoms with van der Waals surface area (Å²) in [5.41, 5.74) is 0. The number of hydrogen-bond acceptors (Lipinski definition) is 3. The Kier molecular flexibility index (Phi) is 7.25. The van der Waals surface area contributed by atoms with Crippen LogP contribution in [0, 0.1) is 11.8 Å². The third kappa shape index (κ3) is 6.67. The molecule has 0 aromatic heterocycles. The molecule has 1 saturated heterocycles. The Bertz CT molecular complexity index is 212. The summed E-state index contributed by atoms with van der Waals surface area (Å²) in [4.78, 5) is 11.6. The Hall–Kier alpha value is -0.570. The molecule has 2 atom stereocenters. The Labute approximate surface area is 105 Å². The maximum Gasteiger partial charge on any atom is 0.305 e. The number of nitrogens with one attached hydrogen (secondary N) is 1. The lowest BCUT2D eigenvalue weighted by Gasteiger charge is -2.22. The summed E-state index contributed by atoms with van der Waals surface area (Å²) in [6, 6.07) is 0. The van der Waals surface area contributed by atoms with E-state index >= 15 is 0 Å². The van der Waals surface area contributed by atoms with E-state index in [1.54, 1.807) is 0 Å². The van der Waals surface area contributed by atoms with Gasteiger partial charge in [0.2, 0.25) is 0 Å². The first-order chi connectivity index (χ1) is 8.22. The van der Waals surface area contributed by atoms with Gasteiger partial charge in [0.1, 0.15) is 0 Å². The van der Waals surface area contributed by atoms with Crippen LogP contribution in [0.5, 0.6) is 0 Å². The van der Waals surface area contributed by atoms with Crippen LogP contribution in [-0.4, -0.2) is 25.7 Å². The number of hydrogen-bond donors (Lipinski definition) is 1. The van der Waals surface area contributed by atoms with Gasteiger partial charge in [-0.15, -0.1) is 0 Å². The molecule has 0 aromatic rings. The van der Waals surface area contributed by atoms with Crippen molar-refractivity contribution in [1.82, 2.24) is 5.32 Å². The van der Waals surface area contributed by atoms with Crippen LogP contribution in [0.1, 0.15) is 52.4 Å². The molecule has 0 amide bonds. The van der Waals surface area contributed by atoms with Crippen LogP contribution in [0.3, 0.4) is 0 Å². The first kappa shape index (κ1) is 14.5. The number of ether oxygens (including phenoxy) is 1. The zero-order valence-electron chi connectivity index (χ0n) is 11.3.